The van der Waals surface area contributed by atoms with Crippen LogP contribution in [0.1, 0.15) is 55.4 Å². The second kappa shape index (κ2) is 6.28. The van der Waals surface area contributed by atoms with Gasteiger partial charge in [-0.15, -0.1) is 0 Å². The van der Waals surface area contributed by atoms with Crippen molar-refractivity contribution in [3.05, 3.63) is 11.9 Å². The van der Waals surface area contributed by atoms with Gasteiger partial charge in [0.25, 0.3) is 5.91 Å². The first-order valence-corrected chi connectivity index (χ1v) is 7.89. The molecule has 0 radical (unpaired) electrons. The van der Waals surface area contributed by atoms with Gasteiger partial charge in [0.05, 0.1) is 5.69 Å². The molecule has 0 aromatic carbocycles. The Hall–Kier alpha value is -1.85. The van der Waals surface area contributed by atoms with Crippen molar-refractivity contribution < 1.29 is 9.59 Å². The van der Waals surface area contributed by atoms with Gasteiger partial charge in [-0.05, 0) is 25.7 Å². The number of hydrogen-bond acceptors (Lipinski definition) is 3. The van der Waals surface area contributed by atoms with Gasteiger partial charge in [-0.3, -0.25) is 14.7 Å². The number of rotatable bonds is 3. The maximum absolute atomic E-state index is 12.4. The minimum absolute atomic E-state index is 0.0200. The van der Waals surface area contributed by atoms with Crippen LogP contribution >= 0.6 is 0 Å². The van der Waals surface area contributed by atoms with Crippen molar-refractivity contribution in [3.63, 3.8) is 0 Å². The van der Waals surface area contributed by atoms with E-state index in [1.165, 1.54) is 6.42 Å². The Bertz CT molecular complexity index is 513. The number of aromatic amines is 1. The van der Waals surface area contributed by atoms with Crippen molar-refractivity contribution in [2.75, 3.05) is 18.4 Å². The van der Waals surface area contributed by atoms with E-state index in [2.05, 4.69) is 15.5 Å². The van der Waals surface area contributed by atoms with Crippen LogP contribution in [0.4, 0.5) is 5.69 Å². The zero-order valence-electron chi connectivity index (χ0n) is 12.2. The quantitative estimate of drug-likeness (QED) is 0.895. The Kier molecular flexibility index (Phi) is 4.22. The molecule has 0 spiro atoms. The number of aromatic nitrogens is 2. The molecule has 2 amide bonds. The lowest BCUT2D eigenvalue weighted by molar-refractivity contribution is -0.120. The summed E-state index contributed by atoms with van der Waals surface area (Å²) in [5.74, 6) is 0.00246. The molecule has 1 saturated heterocycles. The SMILES string of the molecule is O=C(Nc1c[nH]nc1C(=O)N1CCCC1)C1CCCCC1. The van der Waals surface area contributed by atoms with Gasteiger partial charge in [0.1, 0.15) is 0 Å². The van der Waals surface area contributed by atoms with Crippen LogP contribution in [-0.4, -0.2) is 40.0 Å². The standard InChI is InChI=1S/C15H22N4O2/c20-14(11-6-2-1-3-7-11)17-12-10-16-18-13(12)15(21)19-8-4-5-9-19/h10-11H,1-9H2,(H,16,18)(H,17,20). The van der Waals surface area contributed by atoms with Crippen LogP contribution in [0.5, 0.6) is 0 Å². The molecule has 21 heavy (non-hydrogen) atoms. The molecular formula is C15H22N4O2. The Morgan fingerprint density at radius 3 is 2.57 bits per heavy atom. The molecule has 0 bridgehead atoms. The average molecular weight is 290 g/mol. The van der Waals surface area contributed by atoms with E-state index in [9.17, 15) is 9.59 Å². The molecule has 3 rings (SSSR count). The molecule has 1 aliphatic heterocycles. The zero-order valence-corrected chi connectivity index (χ0v) is 12.2. The summed E-state index contributed by atoms with van der Waals surface area (Å²) in [6.07, 6.45) is 9.02. The molecular weight excluding hydrogens is 268 g/mol. The van der Waals surface area contributed by atoms with Crippen LogP contribution < -0.4 is 5.32 Å². The lowest BCUT2D eigenvalue weighted by atomic mass is 9.88. The Labute approximate surface area is 124 Å². The molecule has 1 saturated carbocycles. The van der Waals surface area contributed by atoms with Gasteiger partial charge >= 0.3 is 0 Å². The summed E-state index contributed by atoms with van der Waals surface area (Å²) < 4.78 is 0. The average Bonchev–Trinajstić information content (AvgIpc) is 3.19. The van der Waals surface area contributed by atoms with Crippen LogP contribution in [0.15, 0.2) is 6.20 Å². The summed E-state index contributed by atoms with van der Waals surface area (Å²) in [7, 11) is 0. The van der Waals surface area contributed by atoms with Crippen molar-refractivity contribution in [1.29, 1.82) is 0 Å². The van der Waals surface area contributed by atoms with E-state index < -0.39 is 0 Å². The summed E-state index contributed by atoms with van der Waals surface area (Å²) in [6.45, 7) is 1.56. The molecule has 114 valence electrons. The van der Waals surface area contributed by atoms with Crippen molar-refractivity contribution in [3.8, 4) is 0 Å². The maximum atomic E-state index is 12.4. The van der Waals surface area contributed by atoms with Crippen LogP contribution in [0, 0.1) is 5.92 Å². The normalized spacial score (nSPS) is 19.7. The number of likely N-dealkylation sites (tertiary alicyclic amines) is 1. The number of amides is 2. The largest absolute Gasteiger partial charge is 0.337 e. The first-order valence-electron chi connectivity index (χ1n) is 7.89. The van der Waals surface area contributed by atoms with Gasteiger partial charge < -0.3 is 10.2 Å². The van der Waals surface area contributed by atoms with E-state index in [1.54, 1.807) is 11.1 Å². The van der Waals surface area contributed by atoms with E-state index in [-0.39, 0.29) is 17.7 Å². The molecule has 1 aliphatic carbocycles. The predicted molar refractivity (Wildman–Crippen MR) is 78.9 cm³/mol. The van der Waals surface area contributed by atoms with Crippen LogP contribution in [-0.2, 0) is 4.79 Å². The number of carbonyl (C=O) groups excluding carboxylic acids is 2. The van der Waals surface area contributed by atoms with Gasteiger partial charge in [0, 0.05) is 25.2 Å². The lowest BCUT2D eigenvalue weighted by Crippen LogP contribution is -2.30. The fraction of sp³-hybridized carbons (Fsp3) is 0.667. The molecule has 6 nitrogen and oxygen atoms in total. The maximum Gasteiger partial charge on any atom is 0.276 e. The number of hydrogen-bond donors (Lipinski definition) is 2. The second-order valence-electron chi connectivity index (χ2n) is 5.97. The van der Waals surface area contributed by atoms with Gasteiger partial charge in [-0.2, -0.15) is 5.10 Å². The highest BCUT2D eigenvalue weighted by molar-refractivity contribution is 6.02. The molecule has 2 aliphatic rings. The zero-order chi connectivity index (χ0) is 14.7. The molecule has 2 N–H and O–H groups in total. The fourth-order valence-electron chi connectivity index (χ4n) is 3.22. The molecule has 0 unspecified atom stereocenters. The van der Waals surface area contributed by atoms with Crippen LogP contribution in [0.3, 0.4) is 0 Å². The molecule has 2 fully saturated rings. The third-order valence-corrected chi connectivity index (χ3v) is 4.47. The summed E-state index contributed by atoms with van der Waals surface area (Å²) in [6, 6.07) is 0. The summed E-state index contributed by atoms with van der Waals surface area (Å²) >= 11 is 0. The van der Waals surface area contributed by atoms with E-state index in [4.69, 9.17) is 0 Å². The molecule has 2 heterocycles. The topological polar surface area (TPSA) is 78.1 Å². The molecule has 6 heteroatoms. The lowest BCUT2D eigenvalue weighted by Gasteiger charge is -2.21. The summed E-state index contributed by atoms with van der Waals surface area (Å²) in [5, 5.41) is 9.61. The minimum atomic E-state index is -0.0901. The monoisotopic (exact) mass is 290 g/mol. The number of nitrogens with one attached hydrogen (secondary N) is 2. The van der Waals surface area contributed by atoms with Gasteiger partial charge in [0.15, 0.2) is 5.69 Å². The molecule has 0 atom stereocenters. The Balaban J connectivity index is 1.67. The first kappa shape index (κ1) is 14.1. The second-order valence-corrected chi connectivity index (χ2v) is 5.97. The summed E-state index contributed by atoms with van der Waals surface area (Å²) in [5.41, 5.74) is 0.850. The first-order chi connectivity index (χ1) is 10.3. The van der Waals surface area contributed by atoms with E-state index >= 15 is 0 Å². The number of H-pyrrole nitrogens is 1. The Morgan fingerprint density at radius 2 is 1.86 bits per heavy atom. The number of nitrogens with zero attached hydrogens (tertiary/aromatic N) is 2. The van der Waals surface area contributed by atoms with Crippen molar-refractivity contribution in [2.24, 2.45) is 5.92 Å². The molecule has 1 aromatic heterocycles. The van der Waals surface area contributed by atoms with E-state index in [1.807, 2.05) is 0 Å². The highest BCUT2D eigenvalue weighted by atomic mass is 16.2. The van der Waals surface area contributed by atoms with Crippen molar-refractivity contribution in [2.45, 2.75) is 44.9 Å². The van der Waals surface area contributed by atoms with Gasteiger partial charge in [0.2, 0.25) is 5.91 Å². The van der Waals surface area contributed by atoms with Gasteiger partial charge in [-0.1, -0.05) is 19.3 Å². The fourth-order valence-corrected chi connectivity index (χ4v) is 3.22. The minimum Gasteiger partial charge on any atom is -0.337 e. The van der Waals surface area contributed by atoms with E-state index in [0.717, 1.165) is 51.6 Å². The number of anilines is 1. The third kappa shape index (κ3) is 3.09. The summed E-state index contributed by atoms with van der Waals surface area (Å²) in [4.78, 5) is 26.5. The van der Waals surface area contributed by atoms with Gasteiger partial charge in [-0.25, -0.2) is 0 Å². The Morgan fingerprint density at radius 1 is 1.14 bits per heavy atom. The molecule has 1 aromatic rings. The van der Waals surface area contributed by atoms with Crippen LogP contribution in [0.2, 0.25) is 0 Å². The number of carbonyl (C=O) groups is 2. The van der Waals surface area contributed by atoms with E-state index in [0.29, 0.717) is 11.4 Å². The highest BCUT2D eigenvalue weighted by Crippen LogP contribution is 2.26. The van der Waals surface area contributed by atoms with Crippen LogP contribution in [0.25, 0.3) is 0 Å². The highest BCUT2D eigenvalue weighted by Gasteiger charge is 2.27. The predicted octanol–water partition coefficient (Wildman–Crippen LogP) is 2.16. The smallest absolute Gasteiger partial charge is 0.276 e. The van der Waals surface area contributed by atoms with Crippen molar-refractivity contribution in [1.82, 2.24) is 15.1 Å². The van der Waals surface area contributed by atoms with Crippen molar-refractivity contribution >= 4 is 17.5 Å². The third-order valence-electron chi connectivity index (χ3n) is 4.47.